The van der Waals surface area contributed by atoms with Crippen LogP contribution in [0.4, 0.5) is 0 Å². The molecule has 0 unspecified atom stereocenters. The minimum atomic E-state index is 0.432. The van der Waals surface area contributed by atoms with Gasteiger partial charge in [-0.25, -0.2) is 9.67 Å². The van der Waals surface area contributed by atoms with E-state index in [1.807, 2.05) is 30.5 Å². The van der Waals surface area contributed by atoms with E-state index >= 15 is 0 Å². The van der Waals surface area contributed by atoms with Crippen molar-refractivity contribution in [2.75, 3.05) is 0 Å². The van der Waals surface area contributed by atoms with E-state index < -0.39 is 0 Å². The van der Waals surface area contributed by atoms with E-state index in [1.165, 1.54) is 0 Å². The van der Waals surface area contributed by atoms with Crippen molar-refractivity contribution in [2.24, 2.45) is 0 Å². The van der Waals surface area contributed by atoms with Crippen LogP contribution < -0.4 is 5.32 Å². The van der Waals surface area contributed by atoms with Crippen molar-refractivity contribution < 1.29 is 0 Å². The van der Waals surface area contributed by atoms with Crippen LogP contribution in [-0.4, -0.2) is 36.2 Å². The topological polar surface area (TPSA) is 84.3 Å². The molecule has 0 spiro atoms. The van der Waals surface area contributed by atoms with Crippen molar-refractivity contribution in [3.05, 3.63) is 42.6 Å². The lowest BCUT2D eigenvalue weighted by Gasteiger charge is -2.05. The van der Waals surface area contributed by atoms with Gasteiger partial charge in [0.2, 0.25) is 0 Å². The number of nitrogens with one attached hydrogen (secondary N) is 2. The third kappa shape index (κ3) is 3.14. The standard InChI is InChI=1S/C14H17N7/c1-10(2)15-8-14-16-7-13(18-14)11-4-3-5-12(6-11)21-9-17-19-20-21/h3-7,9-10,15H,8H2,1-2H3,(H,16,18). The van der Waals surface area contributed by atoms with E-state index in [0.29, 0.717) is 6.04 Å². The molecular formula is C14H17N7. The molecule has 3 aromatic rings. The highest BCUT2D eigenvalue weighted by Crippen LogP contribution is 2.19. The molecule has 0 aliphatic rings. The largest absolute Gasteiger partial charge is 0.341 e. The molecule has 7 heteroatoms. The van der Waals surface area contributed by atoms with Crippen LogP contribution in [-0.2, 0) is 6.54 Å². The molecule has 0 fully saturated rings. The normalized spacial score (nSPS) is 11.2. The van der Waals surface area contributed by atoms with Crippen molar-refractivity contribution in [2.45, 2.75) is 26.4 Å². The molecule has 2 N–H and O–H groups in total. The number of benzene rings is 1. The second-order valence-electron chi connectivity index (χ2n) is 5.08. The summed E-state index contributed by atoms with van der Waals surface area (Å²) in [7, 11) is 0. The minimum Gasteiger partial charge on any atom is -0.341 e. The Morgan fingerprint density at radius 2 is 2.24 bits per heavy atom. The second-order valence-corrected chi connectivity index (χ2v) is 5.08. The summed E-state index contributed by atoms with van der Waals surface area (Å²) < 4.78 is 1.63. The van der Waals surface area contributed by atoms with Crippen LogP contribution in [0.25, 0.3) is 16.9 Å². The Hall–Kier alpha value is -2.54. The Bertz CT molecular complexity index is 700. The minimum absolute atomic E-state index is 0.432. The van der Waals surface area contributed by atoms with Crippen molar-refractivity contribution >= 4 is 0 Å². The van der Waals surface area contributed by atoms with Crippen molar-refractivity contribution in [3.8, 4) is 16.9 Å². The van der Waals surface area contributed by atoms with Gasteiger partial charge in [-0.3, -0.25) is 0 Å². The number of hydrogen-bond acceptors (Lipinski definition) is 5. The molecule has 2 heterocycles. The molecule has 0 aliphatic carbocycles. The first-order chi connectivity index (χ1) is 10.2. The van der Waals surface area contributed by atoms with Crippen LogP contribution >= 0.6 is 0 Å². The molecule has 3 rings (SSSR count). The fourth-order valence-corrected chi connectivity index (χ4v) is 2.00. The van der Waals surface area contributed by atoms with Crippen LogP contribution in [0, 0.1) is 0 Å². The summed E-state index contributed by atoms with van der Waals surface area (Å²) in [6, 6.07) is 8.41. The number of imidazole rings is 1. The van der Waals surface area contributed by atoms with Gasteiger partial charge in [-0.05, 0) is 22.6 Å². The molecule has 0 aliphatic heterocycles. The predicted molar refractivity (Wildman–Crippen MR) is 78.7 cm³/mol. The molecule has 0 bridgehead atoms. The number of hydrogen-bond donors (Lipinski definition) is 2. The molecule has 108 valence electrons. The van der Waals surface area contributed by atoms with Gasteiger partial charge in [0.05, 0.1) is 24.1 Å². The first kappa shape index (κ1) is 13.4. The highest BCUT2D eigenvalue weighted by atomic mass is 15.5. The fraction of sp³-hybridized carbons (Fsp3) is 0.286. The van der Waals surface area contributed by atoms with Gasteiger partial charge in [-0.2, -0.15) is 0 Å². The van der Waals surface area contributed by atoms with Crippen LogP contribution in [0.15, 0.2) is 36.8 Å². The first-order valence-electron chi connectivity index (χ1n) is 6.83. The SMILES string of the molecule is CC(C)NCc1ncc(-c2cccc(-n3cnnn3)c2)[nH]1. The van der Waals surface area contributed by atoms with Gasteiger partial charge >= 0.3 is 0 Å². The summed E-state index contributed by atoms with van der Waals surface area (Å²) in [6.07, 6.45) is 3.42. The zero-order chi connectivity index (χ0) is 14.7. The van der Waals surface area contributed by atoms with Crippen LogP contribution in [0.2, 0.25) is 0 Å². The second kappa shape index (κ2) is 5.84. The molecule has 2 aromatic heterocycles. The number of rotatable bonds is 5. The summed E-state index contributed by atoms with van der Waals surface area (Å²) in [5.41, 5.74) is 2.94. The lowest BCUT2D eigenvalue weighted by atomic mass is 10.1. The Morgan fingerprint density at radius 1 is 1.33 bits per heavy atom. The average Bonchev–Trinajstić information content (AvgIpc) is 3.17. The molecule has 1 aromatic carbocycles. The first-order valence-corrected chi connectivity index (χ1v) is 6.83. The van der Waals surface area contributed by atoms with Gasteiger partial charge in [0.1, 0.15) is 12.2 Å². The molecule has 21 heavy (non-hydrogen) atoms. The zero-order valence-corrected chi connectivity index (χ0v) is 12.0. The maximum Gasteiger partial charge on any atom is 0.143 e. The Labute approximate surface area is 122 Å². The molecule has 7 nitrogen and oxygen atoms in total. The van der Waals surface area contributed by atoms with E-state index in [-0.39, 0.29) is 0 Å². The zero-order valence-electron chi connectivity index (χ0n) is 12.0. The summed E-state index contributed by atoms with van der Waals surface area (Å²) in [4.78, 5) is 7.71. The summed E-state index contributed by atoms with van der Waals surface area (Å²) >= 11 is 0. The third-order valence-electron chi connectivity index (χ3n) is 3.08. The third-order valence-corrected chi connectivity index (χ3v) is 3.08. The van der Waals surface area contributed by atoms with E-state index in [1.54, 1.807) is 11.0 Å². The lowest BCUT2D eigenvalue weighted by Crippen LogP contribution is -2.22. The van der Waals surface area contributed by atoms with Gasteiger partial charge < -0.3 is 10.3 Å². The summed E-state index contributed by atoms with van der Waals surface area (Å²) in [6.45, 7) is 4.95. The highest BCUT2D eigenvalue weighted by Gasteiger charge is 2.06. The average molecular weight is 283 g/mol. The van der Waals surface area contributed by atoms with E-state index in [9.17, 15) is 0 Å². The maximum absolute atomic E-state index is 4.39. The van der Waals surface area contributed by atoms with E-state index in [2.05, 4.69) is 44.7 Å². The fourth-order valence-electron chi connectivity index (χ4n) is 2.00. The molecule has 0 saturated heterocycles. The number of tetrazole rings is 1. The molecule has 0 radical (unpaired) electrons. The van der Waals surface area contributed by atoms with Crippen LogP contribution in [0.3, 0.4) is 0 Å². The predicted octanol–water partition coefficient (Wildman–Crippen LogP) is 1.55. The van der Waals surface area contributed by atoms with Crippen LogP contribution in [0.5, 0.6) is 0 Å². The molecule has 0 amide bonds. The van der Waals surface area contributed by atoms with Gasteiger partial charge in [0.25, 0.3) is 0 Å². The van der Waals surface area contributed by atoms with Crippen molar-refractivity contribution in [1.82, 2.24) is 35.5 Å². The van der Waals surface area contributed by atoms with Crippen molar-refractivity contribution in [3.63, 3.8) is 0 Å². The Kier molecular flexibility index (Phi) is 3.74. The van der Waals surface area contributed by atoms with Gasteiger partial charge in [-0.15, -0.1) is 5.10 Å². The number of nitrogens with zero attached hydrogens (tertiary/aromatic N) is 5. The lowest BCUT2D eigenvalue weighted by molar-refractivity contribution is 0.575. The van der Waals surface area contributed by atoms with E-state index in [0.717, 1.165) is 29.3 Å². The van der Waals surface area contributed by atoms with E-state index in [4.69, 9.17) is 0 Å². The Balaban J connectivity index is 1.82. The van der Waals surface area contributed by atoms with Crippen molar-refractivity contribution in [1.29, 1.82) is 0 Å². The number of aromatic nitrogens is 6. The molecule has 0 saturated carbocycles. The quantitative estimate of drug-likeness (QED) is 0.742. The number of H-pyrrole nitrogens is 1. The molecule has 0 atom stereocenters. The monoisotopic (exact) mass is 283 g/mol. The van der Waals surface area contributed by atoms with Gasteiger partial charge in [-0.1, -0.05) is 26.0 Å². The number of aromatic amines is 1. The van der Waals surface area contributed by atoms with Gasteiger partial charge in [0, 0.05) is 11.6 Å². The summed E-state index contributed by atoms with van der Waals surface area (Å²) in [5, 5.41) is 14.5. The Morgan fingerprint density at radius 3 is 3.00 bits per heavy atom. The summed E-state index contributed by atoms with van der Waals surface area (Å²) in [5.74, 6) is 0.923. The smallest absolute Gasteiger partial charge is 0.143 e. The highest BCUT2D eigenvalue weighted by molar-refractivity contribution is 5.61. The maximum atomic E-state index is 4.39. The van der Waals surface area contributed by atoms with Gasteiger partial charge in [0.15, 0.2) is 0 Å². The van der Waals surface area contributed by atoms with Crippen LogP contribution in [0.1, 0.15) is 19.7 Å². The molecular weight excluding hydrogens is 266 g/mol.